The molecule has 2 rings (SSSR count). The highest BCUT2D eigenvalue weighted by Crippen LogP contribution is 2.36. The normalized spacial score (nSPS) is 28.1. The largest absolute Gasteiger partial charge is 0.377 e. The van der Waals surface area contributed by atoms with Crippen molar-refractivity contribution in [2.75, 3.05) is 17.6 Å². The van der Waals surface area contributed by atoms with Crippen LogP contribution in [-0.4, -0.2) is 23.1 Å². The van der Waals surface area contributed by atoms with Gasteiger partial charge in [-0.1, -0.05) is 6.92 Å². The SMILES string of the molecule is CC1SCCCC1(CN)Nc1ccc(F)c(Br)c1. The number of benzene rings is 1. The highest BCUT2D eigenvalue weighted by molar-refractivity contribution is 9.10. The fourth-order valence-corrected chi connectivity index (χ4v) is 3.99. The van der Waals surface area contributed by atoms with E-state index in [-0.39, 0.29) is 11.4 Å². The van der Waals surface area contributed by atoms with E-state index in [4.69, 9.17) is 5.73 Å². The van der Waals surface area contributed by atoms with Crippen molar-refractivity contribution in [3.63, 3.8) is 0 Å². The quantitative estimate of drug-likeness (QED) is 0.887. The van der Waals surface area contributed by atoms with Crippen LogP contribution in [0.4, 0.5) is 10.1 Å². The van der Waals surface area contributed by atoms with Gasteiger partial charge in [-0.3, -0.25) is 0 Å². The lowest BCUT2D eigenvalue weighted by Crippen LogP contribution is -2.54. The summed E-state index contributed by atoms with van der Waals surface area (Å²) >= 11 is 5.16. The molecule has 0 spiro atoms. The Morgan fingerprint density at radius 1 is 1.61 bits per heavy atom. The molecule has 1 aliphatic rings. The molecule has 1 aliphatic heterocycles. The zero-order valence-electron chi connectivity index (χ0n) is 10.4. The average molecular weight is 333 g/mol. The number of nitrogens with two attached hydrogens (primary N) is 1. The Labute approximate surface area is 120 Å². The van der Waals surface area contributed by atoms with Crippen molar-refractivity contribution in [1.29, 1.82) is 0 Å². The summed E-state index contributed by atoms with van der Waals surface area (Å²) in [5, 5.41) is 3.98. The molecule has 1 fully saturated rings. The predicted octanol–water partition coefficient (Wildman–Crippen LogP) is 3.61. The maximum absolute atomic E-state index is 13.2. The molecule has 2 unspecified atom stereocenters. The summed E-state index contributed by atoms with van der Waals surface area (Å²) in [6, 6.07) is 5.01. The van der Waals surface area contributed by atoms with Crippen molar-refractivity contribution in [2.24, 2.45) is 5.73 Å². The van der Waals surface area contributed by atoms with Gasteiger partial charge in [0.25, 0.3) is 0 Å². The van der Waals surface area contributed by atoms with E-state index >= 15 is 0 Å². The van der Waals surface area contributed by atoms with E-state index in [9.17, 15) is 4.39 Å². The van der Waals surface area contributed by atoms with E-state index in [0.717, 1.165) is 12.1 Å². The Morgan fingerprint density at radius 2 is 2.39 bits per heavy atom. The first kappa shape index (κ1) is 14.2. The fourth-order valence-electron chi connectivity index (χ4n) is 2.36. The summed E-state index contributed by atoms with van der Waals surface area (Å²) in [5.74, 6) is 0.950. The van der Waals surface area contributed by atoms with Crippen molar-refractivity contribution in [3.05, 3.63) is 28.5 Å². The average Bonchev–Trinajstić information content (AvgIpc) is 2.37. The van der Waals surface area contributed by atoms with Crippen LogP contribution in [-0.2, 0) is 0 Å². The number of hydrogen-bond donors (Lipinski definition) is 2. The summed E-state index contributed by atoms with van der Waals surface area (Å²) in [6.45, 7) is 2.80. The molecule has 100 valence electrons. The van der Waals surface area contributed by atoms with Gasteiger partial charge in [-0.25, -0.2) is 4.39 Å². The molecule has 0 aliphatic carbocycles. The summed E-state index contributed by atoms with van der Waals surface area (Å²) in [4.78, 5) is 0. The summed E-state index contributed by atoms with van der Waals surface area (Å²) in [7, 11) is 0. The van der Waals surface area contributed by atoms with Crippen LogP contribution in [0, 0.1) is 5.82 Å². The van der Waals surface area contributed by atoms with Gasteiger partial charge in [-0.15, -0.1) is 0 Å². The highest BCUT2D eigenvalue weighted by Gasteiger charge is 2.37. The Kier molecular flexibility index (Phi) is 4.56. The molecule has 1 aromatic rings. The van der Waals surface area contributed by atoms with E-state index in [2.05, 4.69) is 28.2 Å². The first-order valence-electron chi connectivity index (χ1n) is 6.12. The van der Waals surface area contributed by atoms with Crippen LogP contribution in [0.3, 0.4) is 0 Å². The minimum absolute atomic E-state index is 0.0831. The fraction of sp³-hybridized carbons (Fsp3) is 0.538. The molecule has 0 bridgehead atoms. The number of rotatable bonds is 3. The van der Waals surface area contributed by atoms with Gasteiger partial charge in [0, 0.05) is 17.5 Å². The molecule has 5 heteroatoms. The van der Waals surface area contributed by atoms with E-state index in [0.29, 0.717) is 16.3 Å². The van der Waals surface area contributed by atoms with E-state index in [1.54, 1.807) is 12.1 Å². The zero-order chi connectivity index (χ0) is 13.2. The minimum atomic E-state index is -0.242. The van der Waals surface area contributed by atoms with Gasteiger partial charge in [0.2, 0.25) is 0 Å². The van der Waals surface area contributed by atoms with E-state index in [1.807, 2.05) is 11.8 Å². The Bertz CT molecular complexity index is 429. The summed E-state index contributed by atoms with van der Waals surface area (Å²) in [6.07, 6.45) is 2.23. The van der Waals surface area contributed by atoms with Crippen LogP contribution in [0.15, 0.2) is 22.7 Å². The Hall–Kier alpha value is -0.260. The van der Waals surface area contributed by atoms with Crippen LogP contribution in [0.25, 0.3) is 0 Å². The van der Waals surface area contributed by atoms with Gasteiger partial charge in [0.05, 0.1) is 10.0 Å². The van der Waals surface area contributed by atoms with Crippen LogP contribution in [0.2, 0.25) is 0 Å². The molecular formula is C13H18BrFN2S. The maximum Gasteiger partial charge on any atom is 0.137 e. The third-order valence-electron chi connectivity index (χ3n) is 3.59. The van der Waals surface area contributed by atoms with Crippen molar-refractivity contribution in [2.45, 2.75) is 30.6 Å². The van der Waals surface area contributed by atoms with Crippen molar-refractivity contribution >= 4 is 33.4 Å². The molecule has 2 nitrogen and oxygen atoms in total. The van der Waals surface area contributed by atoms with Gasteiger partial charge < -0.3 is 11.1 Å². The molecule has 2 atom stereocenters. The number of halogens is 2. The maximum atomic E-state index is 13.2. The first-order valence-corrected chi connectivity index (χ1v) is 7.96. The molecule has 18 heavy (non-hydrogen) atoms. The molecular weight excluding hydrogens is 315 g/mol. The first-order chi connectivity index (χ1) is 8.57. The van der Waals surface area contributed by atoms with Crippen LogP contribution in [0.5, 0.6) is 0 Å². The summed E-state index contributed by atoms with van der Waals surface area (Å²) < 4.78 is 13.7. The molecule has 0 saturated carbocycles. The second-order valence-corrected chi connectivity index (χ2v) is 7.03. The lowest BCUT2D eigenvalue weighted by Gasteiger charge is -2.43. The number of hydrogen-bond acceptors (Lipinski definition) is 3. The molecule has 1 aromatic carbocycles. The van der Waals surface area contributed by atoms with Crippen molar-refractivity contribution < 1.29 is 4.39 Å². The van der Waals surface area contributed by atoms with Gasteiger partial charge in [0.15, 0.2) is 0 Å². The Balaban J connectivity index is 2.21. The summed E-state index contributed by atoms with van der Waals surface area (Å²) in [5.41, 5.74) is 6.82. The molecule has 1 saturated heterocycles. The molecule has 0 aromatic heterocycles. The standard InChI is InChI=1S/C13H18BrFN2S/c1-9-13(8-16,5-2-6-18-9)17-10-3-4-12(15)11(14)7-10/h3-4,7,9,17H,2,5-6,8,16H2,1H3. The third-order valence-corrected chi connectivity index (χ3v) is 5.67. The van der Waals surface area contributed by atoms with Crippen LogP contribution >= 0.6 is 27.7 Å². The monoisotopic (exact) mass is 332 g/mol. The lowest BCUT2D eigenvalue weighted by atomic mass is 9.89. The number of anilines is 1. The van der Waals surface area contributed by atoms with Gasteiger partial charge in [0.1, 0.15) is 5.82 Å². The molecule has 0 amide bonds. The number of nitrogens with one attached hydrogen (secondary N) is 1. The highest BCUT2D eigenvalue weighted by atomic mass is 79.9. The lowest BCUT2D eigenvalue weighted by molar-refractivity contribution is 0.422. The second-order valence-electron chi connectivity index (χ2n) is 4.73. The van der Waals surface area contributed by atoms with Crippen molar-refractivity contribution in [3.8, 4) is 0 Å². The van der Waals surface area contributed by atoms with E-state index in [1.165, 1.54) is 18.2 Å². The molecule has 0 radical (unpaired) electrons. The van der Waals surface area contributed by atoms with Gasteiger partial charge >= 0.3 is 0 Å². The smallest absolute Gasteiger partial charge is 0.137 e. The van der Waals surface area contributed by atoms with Crippen LogP contribution < -0.4 is 11.1 Å². The third kappa shape index (κ3) is 2.83. The molecule has 3 N–H and O–H groups in total. The number of thioether (sulfide) groups is 1. The topological polar surface area (TPSA) is 38.0 Å². The van der Waals surface area contributed by atoms with Crippen molar-refractivity contribution in [1.82, 2.24) is 0 Å². The van der Waals surface area contributed by atoms with E-state index < -0.39 is 0 Å². The predicted molar refractivity (Wildman–Crippen MR) is 80.7 cm³/mol. The van der Waals surface area contributed by atoms with Gasteiger partial charge in [-0.05, 0) is 52.7 Å². The molecule has 1 heterocycles. The van der Waals surface area contributed by atoms with Crippen LogP contribution in [0.1, 0.15) is 19.8 Å². The Morgan fingerprint density at radius 3 is 3.00 bits per heavy atom. The second kappa shape index (κ2) is 5.80. The van der Waals surface area contributed by atoms with Gasteiger partial charge in [-0.2, -0.15) is 11.8 Å². The zero-order valence-corrected chi connectivity index (χ0v) is 12.8. The minimum Gasteiger partial charge on any atom is -0.377 e.